The van der Waals surface area contributed by atoms with Gasteiger partial charge in [0.05, 0.1) is 5.69 Å². The summed E-state index contributed by atoms with van der Waals surface area (Å²) < 4.78 is 1.72. The van der Waals surface area contributed by atoms with Crippen molar-refractivity contribution in [1.29, 1.82) is 0 Å². The SMILES string of the molecule is CCC(=O)c1cc(C(=O)CC)n(C)c1. The minimum Gasteiger partial charge on any atom is -0.347 e. The summed E-state index contributed by atoms with van der Waals surface area (Å²) in [6.45, 7) is 3.63. The van der Waals surface area contributed by atoms with Crippen LogP contribution in [-0.2, 0) is 7.05 Å². The molecule has 0 saturated heterocycles. The molecule has 0 radical (unpaired) electrons. The van der Waals surface area contributed by atoms with E-state index in [9.17, 15) is 9.59 Å². The van der Waals surface area contributed by atoms with Crippen molar-refractivity contribution >= 4 is 11.6 Å². The first kappa shape index (κ1) is 10.7. The van der Waals surface area contributed by atoms with Gasteiger partial charge in [0, 0.05) is 31.6 Å². The Morgan fingerprint density at radius 2 is 1.79 bits per heavy atom. The first-order valence-electron chi connectivity index (χ1n) is 4.82. The van der Waals surface area contributed by atoms with Crippen LogP contribution < -0.4 is 0 Å². The van der Waals surface area contributed by atoms with Crippen molar-refractivity contribution in [1.82, 2.24) is 4.57 Å². The van der Waals surface area contributed by atoms with Crippen LogP contribution in [0.5, 0.6) is 0 Å². The third-order valence-electron chi connectivity index (χ3n) is 2.25. The maximum Gasteiger partial charge on any atom is 0.178 e. The van der Waals surface area contributed by atoms with Crippen LogP contribution in [-0.4, -0.2) is 16.1 Å². The van der Waals surface area contributed by atoms with Crippen LogP contribution in [0.3, 0.4) is 0 Å². The zero-order valence-electron chi connectivity index (χ0n) is 8.83. The molecule has 3 nitrogen and oxygen atoms in total. The quantitative estimate of drug-likeness (QED) is 0.688. The predicted molar refractivity (Wildman–Crippen MR) is 54.7 cm³/mol. The Hall–Kier alpha value is -1.38. The maximum atomic E-state index is 11.4. The van der Waals surface area contributed by atoms with E-state index in [1.54, 1.807) is 23.9 Å². The number of carbonyl (C=O) groups excluding carboxylic acids is 2. The van der Waals surface area contributed by atoms with Gasteiger partial charge in [-0.15, -0.1) is 0 Å². The van der Waals surface area contributed by atoms with Gasteiger partial charge in [0.1, 0.15) is 0 Å². The summed E-state index contributed by atoms with van der Waals surface area (Å²) in [5.74, 6) is 0.151. The minimum atomic E-state index is 0.0719. The van der Waals surface area contributed by atoms with Crippen molar-refractivity contribution in [3.8, 4) is 0 Å². The third-order valence-corrected chi connectivity index (χ3v) is 2.25. The summed E-state index contributed by atoms with van der Waals surface area (Å²) in [7, 11) is 1.79. The molecule has 1 aromatic rings. The lowest BCUT2D eigenvalue weighted by Crippen LogP contribution is -2.02. The highest BCUT2D eigenvalue weighted by molar-refractivity contribution is 6.00. The summed E-state index contributed by atoms with van der Waals surface area (Å²) in [4.78, 5) is 22.8. The zero-order chi connectivity index (χ0) is 10.7. The van der Waals surface area contributed by atoms with E-state index in [2.05, 4.69) is 0 Å². The summed E-state index contributed by atoms with van der Waals surface area (Å²) in [6, 6.07) is 1.68. The number of aryl methyl sites for hydroxylation is 1. The molecule has 0 aliphatic heterocycles. The Balaban J connectivity index is 3.05. The second kappa shape index (κ2) is 4.22. The smallest absolute Gasteiger partial charge is 0.178 e. The van der Waals surface area contributed by atoms with Crippen LogP contribution in [0, 0.1) is 0 Å². The summed E-state index contributed by atoms with van der Waals surface area (Å²) >= 11 is 0. The average molecular weight is 193 g/mol. The number of ketones is 2. The van der Waals surface area contributed by atoms with Gasteiger partial charge >= 0.3 is 0 Å². The third kappa shape index (κ3) is 1.92. The van der Waals surface area contributed by atoms with Crippen LogP contribution in [0.15, 0.2) is 12.3 Å². The van der Waals surface area contributed by atoms with Gasteiger partial charge in [-0.1, -0.05) is 13.8 Å². The van der Waals surface area contributed by atoms with Gasteiger partial charge in [0.2, 0.25) is 0 Å². The second-order valence-corrected chi connectivity index (χ2v) is 3.28. The van der Waals surface area contributed by atoms with Gasteiger partial charge in [-0.2, -0.15) is 0 Å². The van der Waals surface area contributed by atoms with E-state index in [1.165, 1.54) is 0 Å². The molecule has 76 valence electrons. The molecule has 0 atom stereocenters. The molecule has 0 aromatic carbocycles. The normalized spacial score (nSPS) is 10.2. The first-order valence-corrected chi connectivity index (χ1v) is 4.82. The average Bonchev–Trinajstić information content (AvgIpc) is 2.58. The Morgan fingerprint density at radius 3 is 2.29 bits per heavy atom. The van der Waals surface area contributed by atoms with Gasteiger partial charge in [-0.25, -0.2) is 0 Å². The molecule has 0 aliphatic rings. The number of carbonyl (C=O) groups is 2. The molecule has 0 fully saturated rings. The van der Waals surface area contributed by atoms with E-state index in [1.807, 2.05) is 13.8 Å². The lowest BCUT2D eigenvalue weighted by atomic mass is 10.1. The fourth-order valence-electron chi connectivity index (χ4n) is 1.38. The van der Waals surface area contributed by atoms with Crippen LogP contribution in [0.2, 0.25) is 0 Å². The van der Waals surface area contributed by atoms with Crippen molar-refractivity contribution in [2.45, 2.75) is 26.7 Å². The largest absolute Gasteiger partial charge is 0.347 e. The van der Waals surface area contributed by atoms with E-state index in [4.69, 9.17) is 0 Å². The van der Waals surface area contributed by atoms with Crippen molar-refractivity contribution in [3.63, 3.8) is 0 Å². The molecule has 1 heterocycles. The molecular weight excluding hydrogens is 178 g/mol. The van der Waals surface area contributed by atoms with Crippen LogP contribution in [0.4, 0.5) is 0 Å². The molecule has 1 rings (SSSR count). The van der Waals surface area contributed by atoms with Gasteiger partial charge in [0.15, 0.2) is 11.6 Å². The molecule has 0 amide bonds. The molecule has 0 saturated carbocycles. The van der Waals surface area contributed by atoms with Gasteiger partial charge in [0.25, 0.3) is 0 Å². The topological polar surface area (TPSA) is 39.1 Å². The fraction of sp³-hybridized carbons (Fsp3) is 0.455. The molecule has 0 unspecified atom stereocenters. The van der Waals surface area contributed by atoms with E-state index in [-0.39, 0.29) is 11.6 Å². The Morgan fingerprint density at radius 1 is 1.21 bits per heavy atom. The molecule has 0 N–H and O–H groups in total. The van der Waals surface area contributed by atoms with Crippen LogP contribution >= 0.6 is 0 Å². The Kier molecular flexibility index (Phi) is 3.23. The zero-order valence-corrected chi connectivity index (χ0v) is 8.83. The maximum absolute atomic E-state index is 11.4. The lowest BCUT2D eigenvalue weighted by molar-refractivity contribution is 0.0978. The van der Waals surface area contributed by atoms with Gasteiger partial charge in [-0.3, -0.25) is 9.59 Å². The lowest BCUT2D eigenvalue weighted by Gasteiger charge is -1.97. The molecular formula is C11H15NO2. The van der Waals surface area contributed by atoms with Gasteiger partial charge in [-0.05, 0) is 6.07 Å². The second-order valence-electron chi connectivity index (χ2n) is 3.28. The summed E-state index contributed by atoms with van der Waals surface area (Å²) in [6.07, 6.45) is 2.66. The van der Waals surface area contributed by atoms with Crippen LogP contribution in [0.1, 0.15) is 47.5 Å². The Labute approximate surface area is 83.7 Å². The van der Waals surface area contributed by atoms with Crippen molar-refractivity contribution in [3.05, 3.63) is 23.5 Å². The Bertz CT molecular complexity index is 363. The highest BCUT2D eigenvalue weighted by Crippen LogP contribution is 2.11. The number of hydrogen-bond donors (Lipinski definition) is 0. The first-order chi connectivity index (χ1) is 6.60. The standard InChI is InChI=1S/C11H15NO2/c1-4-10(13)8-6-9(11(14)5-2)12(3)7-8/h6-7H,4-5H2,1-3H3. The molecule has 0 bridgehead atoms. The van der Waals surface area contributed by atoms with Crippen molar-refractivity contribution < 1.29 is 9.59 Å². The number of aromatic nitrogens is 1. The number of rotatable bonds is 4. The van der Waals surface area contributed by atoms with Crippen molar-refractivity contribution in [2.24, 2.45) is 7.05 Å². The highest BCUT2D eigenvalue weighted by atomic mass is 16.1. The summed E-state index contributed by atoms with van der Waals surface area (Å²) in [5.41, 5.74) is 1.25. The van der Waals surface area contributed by atoms with E-state index < -0.39 is 0 Å². The highest BCUT2D eigenvalue weighted by Gasteiger charge is 2.12. The van der Waals surface area contributed by atoms with E-state index >= 15 is 0 Å². The van der Waals surface area contributed by atoms with Gasteiger partial charge < -0.3 is 4.57 Å². The molecule has 14 heavy (non-hydrogen) atoms. The molecule has 1 aromatic heterocycles. The number of hydrogen-bond acceptors (Lipinski definition) is 2. The molecule has 0 spiro atoms. The molecule has 3 heteroatoms. The predicted octanol–water partition coefficient (Wildman–Crippen LogP) is 2.21. The summed E-state index contributed by atoms with van der Waals surface area (Å²) in [5, 5.41) is 0. The number of nitrogens with zero attached hydrogens (tertiary/aromatic N) is 1. The van der Waals surface area contributed by atoms with Crippen molar-refractivity contribution in [2.75, 3.05) is 0 Å². The number of Topliss-reactive ketones (excluding diaryl/α,β-unsaturated/α-hetero) is 2. The minimum absolute atomic E-state index is 0.0719. The van der Waals surface area contributed by atoms with E-state index in [0.717, 1.165) is 0 Å². The monoisotopic (exact) mass is 193 g/mol. The van der Waals surface area contributed by atoms with Crippen LogP contribution in [0.25, 0.3) is 0 Å². The van der Waals surface area contributed by atoms with E-state index in [0.29, 0.717) is 24.1 Å². The molecule has 0 aliphatic carbocycles. The fourth-order valence-corrected chi connectivity index (χ4v) is 1.38.